The zero-order chi connectivity index (χ0) is 11.3. The van der Waals surface area contributed by atoms with Crippen LogP contribution in [0.1, 0.15) is 12.5 Å². The molecule has 1 unspecified atom stereocenters. The predicted octanol–water partition coefficient (Wildman–Crippen LogP) is 1.67. The van der Waals surface area contributed by atoms with Crippen LogP contribution in [0.25, 0.3) is 0 Å². The quantitative estimate of drug-likeness (QED) is 0.774. The Morgan fingerprint density at radius 3 is 2.93 bits per heavy atom. The van der Waals surface area contributed by atoms with Crippen LogP contribution in [0.5, 0.6) is 0 Å². The number of methoxy groups -OCH3 is 1. The van der Waals surface area contributed by atoms with E-state index >= 15 is 0 Å². The molecule has 15 heavy (non-hydrogen) atoms. The van der Waals surface area contributed by atoms with Gasteiger partial charge in [-0.25, -0.2) is 4.98 Å². The second-order valence-corrected chi connectivity index (χ2v) is 3.88. The number of aromatic nitrogens is 1. The third kappa shape index (κ3) is 3.75. The number of pyridine rings is 1. The number of aryl methyl sites for hydroxylation is 1. The average Bonchev–Trinajstić information content (AvgIpc) is 2.17. The molecule has 3 N–H and O–H groups in total. The summed E-state index contributed by atoms with van der Waals surface area (Å²) < 4.78 is 5.06. The fourth-order valence-electron chi connectivity index (χ4n) is 1.40. The van der Waals surface area contributed by atoms with Gasteiger partial charge in [0.25, 0.3) is 0 Å². The molecule has 1 heterocycles. The van der Waals surface area contributed by atoms with Crippen molar-refractivity contribution in [2.24, 2.45) is 5.92 Å². The fraction of sp³-hybridized carbons (Fsp3) is 0.545. The van der Waals surface area contributed by atoms with Crippen LogP contribution in [0.3, 0.4) is 0 Å². The van der Waals surface area contributed by atoms with Gasteiger partial charge < -0.3 is 15.8 Å². The molecule has 0 saturated carbocycles. The van der Waals surface area contributed by atoms with E-state index in [0.29, 0.717) is 11.6 Å². The van der Waals surface area contributed by atoms with Crippen molar-refractivity contribution in [3.8, 4) is 0 Å². The van der Waals surface area contributed by atoms with Crippen LogP contribution in [-0.2, 0) is 4.74 Å². The van der Waals surface area contributed by atoms with Crippen molar-refractivity contribution in [1.29, 1.82) is 0 Å². The van der Waals surface area contributed by atoms with Gasteiger partial charge in [0, 0.05) is 13.7 Å². The minimum absolute atomic E-state index is 0.466. The third-order valence-electron chi connectivity index (χ3n) is 2.17. The minimum Gasteiger partial charge on any atom is -0.397 e. The van der Waals surface area contributed by atoms with E-state index in [0.717, 1.165) is 24.5 Å². The molecule has 1 aromatic rings. The Morgan fingerprint density at radius 2 is 2.33 bits per heavy atom. The maximum absolute atomic E-state index is 5.62. The lowest BCUT2D eigenvalue weighted by atomic mass is 10.2. The molecular weight excluding hydrogens is 190 g/mol. The molecule has 0 aliphatic heterocycles. The summed E-state index contributed by atoms with van der Waals surface area (Å²) in [5, 5.41) is 3.28. The molecule has 0 spiro atoms. The van der Waals surface area contributed by atoms with Crippen LogP contribution >= 0.6 is 0 Å². The second-order valence-electron chi connectivity index (χ2n) is 3.88. The van der Waals surface area contributed by atoms with Gasteiger partial charge in [0.2, 0.25) is 0 Å². The summed E-state index contributed by atoms with van der Waals surface area (Å²) in [6.45, 7) is 5.72. The topological polar surface area (TPSA) is 60.2 Å². The Labute approximate surface area is 90.8 Å². The van der Waals surface area contributed by atoms with Crippen molar-refractivity contribution in [3.63, 3.8) is 0 Å². The molecule has 0 aliphatic rings. The van der Waals surface area contributed by atoms with Crippen molar-refractivity contribution in [2.45, 2.75) is 13.8 Å². The molecule has 1 atom stereocenters. The number of anilines is 2. The van der Waals surface area contributed by atoms with Crippen LogP contribution in [0.15, 0.2) is 12.3 Å². The minimum atomic E-state index is 0.466. The van der Waals surface area contributed by atoms with Crippen LogP contribution in [0.4, 0.5) is 11.5 Å². The van der Waals surface area contributed by atoms with Gasteiger partial charge in [-0.05, 0) is 24.5 Å². The van der Waals surface area contributed by atoms with E-state index in [4.69, 9.17) is 10.5 Å². The largest absolute Gasteiger partial charge is 0.397 e. The smallest absolute Gasteiger partial charge is 0.129 e. The van der Waals surface area contributed by atoms with E-state index < -0.39 is 0 Å². The van der Waals surface area contributed by atoms with Gasteiger partial charge >= 0.3 is 0 Å². The average molecular weight is 209 g/mol. The first-order valence-electron chi connectivity index (χ1n) is 5.08. The molecule has 0 saturated heterocycles. The Bertz CT molecular complexity index is 315. The van der Waals surface area contributed by atoms with Crippen molar-refractivity contribution >= 4 is 11.5 Å². The van der Waals surface area contributed by atoms with Crippen LogP contribution in [0, 0.1) is 12.8 Å². The Balaban J connectivity index is 2.50. The number of hydrogen-bond acceptors (Lipinski definition) is 4. The molecule has 1 aromatic heterocycles. The van der Waals surface area contributed by atoms with Crippen LogP contribution < -0.4 is 11.1 Å². The molecule has 4 nitrogen and oxygen atoms in total. The first kappa shape index (κ1) is 11.8. The van der Waals surface area contributed by atoms with E-state index in [1.54, 1.807) is 13.3 Å². The van der Waals surface area contributed by atoms with Crippen LogP contribution in [0.2, 0.25) is 0 Å². The monoisotopic (exact) mass is 209 g/mol. The normalized spacial score (nSPS) is 12.5. The summed E-state index contributed by atoms with van der Waals surface area (Å²) in [6, 6.07) is 1.91. The van der Waals surface area contributed by atoms with E-state index in [1.165, 1.54) is 0 Å². The van der Waals surface area contributed by atoms with Gasteiger partial charge in [-0.3, -0.25) is 0 Å². The van der Waals surface area contributed by atoms with Gasteiger partial charge in [0.15, 0.2) is 0 Å². The SMILES string of the molecule is COCC(C)CNc1ncc(N)cc1C. The number of nitrogens with two attached hydrogens (primary N) is 1. The highest BCUT2D eigenvalue weighted by molar-refractivity contribution is 5.50. The third-order valence-corrected chi connectivity index (χ3v) is 2.17. The summed E-state index contributed by atoms with van der Waals surface area (Å²) in [5.41, 5.74) is 7.39. The summed E-state index contributed by atoms with van der Waals surface area (Å²) in [6.07, 6.45) is 1.66. The lowest BCUT2D eigenvalue weighted by molar-refractivity contribution is 0.164. The van der Waals surface area contributed by atoms with E-state index in [9.17, 15) is 0 Å². The molecule has 1 rings (SSSR count). The molecule has 0 radical (unpaired) electrons. The molecule has 0 aromatic carbocycles. The summed E-state index contributed by atoms with van der Waals surface area (Å²) in [5.74, 6) is 1.36. The standard InChI is InChI=1S/C11H19N3O/c1-8(7-15-3)5-13-11-9(2)4-10(12)6-14-11/h4,6,8H,5,7,12H2,1-3H3,(H,13,14). The number of nitrogen functional groups attached to an aromatic ring is 1. The summed E-state index contributed by atoms with van der Waals surface area (Å²) >= 11 is 0. The number of rotatable bonds is 5. The fourth-order valence-corrected chi connectivity index (χ4v) is 1.40. The molecule has 84 valence electrons. The number of ether oxygens (including phenoxy) is 1. The zero-order valence-electron chi connectivity index (χ0n) is 9.58. The Morgan fingerprint density at radius 1 is 1.60 bits per heavy atom. The van der Waals surface area contributed by atoms with Gasteiger partial charge in [-0.1, -0.05) is 6.92 Å². The van der Waals surface area contributed by atoms with E-state index in [-0.39, 0.29) is 0 Å². The van der Waals surface area contributed by atoms with E-state index in [2.05, 4.69) is 17.2 Å². The summed E-state index contributed by atoms with van der Waals surface area (Å²) in [4.78, 5) is 4.23. The highest BCUT2D eigenvalue weighted by Crippen LogP contribution is 2.14. The zero-order valence-corrected chi connectivity index (χ0v) is 9.58. The predicted molar refractivity (Wildman–Crippen MR) is 62.9 cm³/mol. The number of nitrogens with zero attached hydrogens (tertiary/aromatic N) is 1. The Hall–Kier alpha value is -1.29. The lowest BCUT2D eigenvalue weighted by Gasteiger charge is -2.13. The van der Waals surface area contributed by atoms with Gasteiger partial charge in [0.1, 0.15) is 5.82 Å². The van der Waals surface area contributed by atoms with Gasteiger partial charge in [0.05, 0.1) is 18.5 Å². The van der Waals surface area contributed by atoms with Gasteiger partial charge in [-0.2, -0.15) is 0 Å². The summed E-state index contributed by atoms with van der Waals surface area (Å²) in [7, 11) is 1.71. The molecule has 0 aliphatic carbocycles. The maximum atomic E-state index is 5.62. The van der Waals surface area contributed by atoms with Crippen molar-refractivity contribution < 1.29 is 4.74 Å². The van der Waals surface area contributed by atoms with Crippen molar-refractivity contribution in [1.82, 2.24) is 4.98 Å². The second kappa shape index (κ2) is 5.56. The lowest BCUT2D eigenvalue weighted by Crippen LogP contribution is -2.17. The highest BCUT2D eigenvalue weighted by atomic mass is 16.5. The first-order chi connectivity index (χ1) is 7.13. The molecule has 0 amide bonds. The molecule has 0 bridgehead atoms. The first-order valence-corrected chi connectivity index (χ1v) is 5.08. The Kier molecular flexibility index (Phi) is 4.37. The van der Waals surface area contributed by atoms with Crippen molar-refractivity contribution in [2.75, 3.05) is 31.3 Å². The number of nitrogens with one attached hydrogen (secondary N) is 1. The van der Waals surface area contributed by atoms with E-state index in [1.807, 2.05) is 13.0 Å². The van der Waals surface area contributed by atoms with Crippen LogP contribution in [-0.4, -0.2) is 25.2 Å². The molecule has 0 fully saturated rings. The van der Waals surface area contributed by atoms with Crippen molar-refractivity contribution in [3.05, 3.63) is 17.8 Å². The highest BCUT2D eigenvalue weighted by Gasteiger charge is 2.03. The maximum Gasteiger partial charge on any atom is 0.129 e. The van der Waals surface area contributed by atoms with Gasteiger partial charge in [-0.15, -0.1) is 0 Å². The molecule has 4 heteroatoms. The number of hydrogen-bond donors (Lipinski definition) is 2. The molecular formula is C11H19N3O.